The summed E-state index contributed by atoms with van der Waals surface area (Å²) in [6.07, 6.45) is 9.20. The Morgan fingerprint density at radius 2 is 2.13 bits per heavy atom. The molecule has 0 fully saturated rings. The number of rotatable bonds is 6. The lowest BCUT2D eigenvalue weighted by Crippen LogP contribution is -2.23. The van der Waals surface area contributed by atoms with E-state index in [0.29, 0.717) is 19.1 Å². The van der Waals surface area contributed by atoms with Gasteiger partial charge in [0.1, 0.15) is 0 Å². The van der Waals surface area contributed by atoms with E-state index < -0.39 is 6.10 Å². The Kier molecular flexibility index (Phi) is 5.13. The average Bonchev–Trinajstić information content (AvgIpc) is 2.91. The highest BCUT2D eigenvalue weighted by atomic mass is 16.5. The smallest absolute Gasteiger partial charge is 0.0959 e. The number of aliphatic hydroxyl groups excluding tert-OH is 1. The Morgan fingerprint density at radius 1 is 1.30 bits per heavy atom. The van der Waals surface area contributed by atoms with Crippen LogP contribution in [0, 0.1) is 19.8 Å². The molecule has 0 unspecified atom stereocenters. The van der Waals surface area contributed by atoms with Crippen molar-refractivity contribution < 1.29 is 9.84 Å². The van der Waals surface area contributed by atoms with Crippen molar-refractivity contribution in [2.75, 3.05) is 13.2 Å². The summed E-state index contributed by atoms with van der Waals surface area (Å²) >= 11 is 0. The summed E-state index contributed by atoms with van der Waals surface area (Å²) in [6.45, 7) is 5.83. The standard InChI is InChI=1S/C19H26N2O2/c1-14-8-18-19(9-15(14)2)21(13-20-18)10-17(22)12-23-11-16-6-4-3-5-7-16/h3-4,8-9,13,16-17,22H,5-7,10-12H2,1-2H3/t16-,17-/m0/s1. The fourth-order valence-corrected chi connectivity index (χ4v) is 3.12. The first kappa shape index (κ1) is 16.2. The van der Waals surface area contributed by atoms with Gasteiger partial charge in [0.25, 0.3) is 0 Å². The molecular formula is C19H26N2O2. The van der Waals surface area contributed by atoms with Gasteiger partial charge in [-0.1, -0.05) is 12.2 Å². The number of hydrogen-bond acceptors (Lipinski definition) is 3. The minimum atomic E-state index is -0.506. The van der Waals surface area contributed by atoms with E-state index in [1.165, 1.54) is 17.5 Å². The summed E-state index contributed by atoms with van der Waals surface area (Å²) in [4.78, 5) is 4.43. The van der Waals surface area contributed by atoms with Crippen LogP contribution in [0.1, 0.15) is 30.4 Å². The Morgan fingerprint density at radius 3 is 2.91 bits per heavy atom. The van der Waals surface area contributed by atoms with E-state index in [9.17, 15) is 5.11 Å². The molecule has 1 aliphatic rings. The van der Waals surface area contributed by atoms with Gasteiger partial charge in [-0.05, 0) is 62.3 Å². The molecule has 2 atom stereocenters. The van der Waals surface area contributed by atoms with Gasteiger partial charge in [0.05, 0.1) is 36.6 Å². The summed E-state index contributed by atoms with van der Waals surface area (Å²) in [5.41, 5.74) is 4.54. The number of hydrogen-bond donors (Lipinski definition) is 1. The number of allylic oxidation sites excluding steroid dienone is 2. The van der Waals surface area contributed by atoms with E-state index in [2.05, 4.69) is 43.1 Å². The highest BCUT2D eigenvalue weighted by Crippen LogP contribution is 2.20. The van der Waals surface area contributed by atoms with Crippen molar-refractivity contribution in [2.45, 2.75) is 45.8 Å². The summed E-state index contributed by atoms with van der Waals surface area (Å²) in [6, 6.07) is 4.24. The van der Waals surface area contributed by atoms with Gasteiger partial charge in [0, 0.05) is 6.61 Å². The molecule has 4 heteroatoms. The molecule has 0 spiro atoms. The number of fused-ring (bicyclic) bond motifs is 1. The Hall–Kier alpha value is -1.65. The lowest BCUT2D eigenvalue weighted by molar-refractivity contribution is 0.0131. The lowest BCUT2D eigenvalue weighted by atomic mass is 9.95. The van der Waals surface area contributed by atoms with Crippen molar-refractivity contribution in [1.82, 2.24) is 9.55 Å². The zero-order chi connectivity index (χ0) is 16.2. The monoisotopic (exact) mass is 314 g/mol. The molecule has 4 nitrogen and oxygen atoms in total. The predicted octanol–water partition coefficient (Wildman–Crippen LogP) is 3.39. The van der Waals surface area contributed by atoms with Crippen molar-refractivity contribution in [3.05, 3.63) is 41.7 Å². The van der Waals surface area contributed by atoms with Crippen LogP contribution >= 0.6 is 0 Å². The van der Waals surface area contributed by atoms with Gasteiger partial charge in [-0.25, -0.2) is 4.98 Å². The molecule has 0 saturated carbocycles. The van der Waals surface area contributed by atoms with Crippen molar-refractivity contribution in [2.24, 2.45) is 5.92 Å². The van der Waals surface area contributed by atoms with Crippen molar-refractivity contribution in [3.63, 3.8) is 0 Å². The Labute approximate surface area is 137 Å². The summed E-state index contributed by atoms with van der Waals surface area (Å²) in [5, 5.41) is 10.2. The second kappa shape index (κ2) is 7.28. The number of imidazole rings is 1. The third-order valence-corrected chi connectivity index (χ3v) is 4.69. The SMILES string of the molecule is Cc1cc2ncn(C[C@H](O)COC[C@H]3CC=CCC3)c2cc1C. The zero-order valence-electron chi connectivity index (χ0n) is 14.0. The van der Waals surface area contributed by atoms with Crippen LogP contribution in [0.2, 0.25) is 0 Å². The number of ether oxygens (including phenoxy) is 1. The predicted molar refractivity (Wildman–Crippen MR) is 92.5 cm³/mol. The average molecular weight is 314 g/mol. The Bertz CT molecular complexity index is 690. The normalized spacial score (nSPS) is 19.3. The number of benzene rings is 1. The van der Waals surface area contributed by atoms with Gasteiger partial charge in [-0.15, -0.1) is 0 Å². The second-order valence-electron chi connectivity index (χ2n) is 6.66. The number of aliphatic hydroxyl groups is 1. The number of aromatic nitrogens is 2. The minimum absolute atomic E-state index is 0.380. The van der Waals surface area contributed by atoms with Crippen LogP contribution in [-0.4, -0.2) is 34.0 Å². The summed E-state index contributed by atoms with van der Waals surface area (Å²) in [5.74, 6) is 0.604. The van der Waals surface area contributed by atoms with Crippen LogP contribution < -0.4 is 0 Å². The number of aryl methyl sites for hydroxylation is 2. The van der Waals surface area contributed by atoms with Crippen LogP contribution in [-0.2, 0) is 11.3 Å². The maximum atomic E-state index is 10.2. The fraction of sp³-hybridized carbons (Fsp3) is 0.526. The highest BCUT2D eigenvalue weighted by Gasteiger charge is 2.13. The first-order valence-electron chi connectivity index (χ1n) is 8.46. The Balaban J connectivity index is 1.54. The minimum Gasteiger partial charge on any atom is -0.389 e. The van der Waals surface area contributed by atoms with E-state index >= 15 is 0 Å². The van der Waals surface area contributed by atoms with E-state index in [1.54, 1.807) is 6.33 Å². The molecular weight excluding hydrogens is 288 g/mol. The van der Waals surface area contributed by atoms with Crippen LogP contribution in [0.15, 0.2) is 30.6 Å². The molecule has 0 aliphatic heterocycles. The fourth-order valence-electron chi connectivity index (χ4n) is 3.12. The third kappa shape index (κ3) is 4.01. The molecule has 1 aliphatic carbocycles. The van der Waals surface area contributed by atoms with Gasteiger partial charge in [-0.2, -0.15) is 0 Å². The first-order chi connectivity index (χ1) is 11.1. The molecule has 0 saturated heterocycles. The van der Waals surface area contributed by atoms with Crippen LogP contribution in [0.3, 0.4) is 0 Å². The van der Waals surface area contributed by atoms with E-state index in [-0.39, 0.29) is 0 Å². The summed E-state index contributed by atoms with van der Waals surface area (Å²) in [7, 11) is 0. The van der Waals surface area contributed by atoms with E-state index in [1.807, 2.05) is 4.57 Å². The molecule has 0 amide bonds. The largest absolute Gasteiger partial charge is 0.389 e. The highest BCUT2D eigenvalue weighted by molar-refractivity contribution is 5.77. The molecule has 23 heavy (non-hydrogen) atoms. The molecule has 124 valence electrons. The van der Waals surface area contributed by atoms with Gasteiger partial charge >= 0.3 is 0 Å². The van der Waals surface area contributed by atoms with Gasteiger partial charge in [-0.3, -0.25) is 0 Å². The maximum absolute atomic E-state index is 10.2. The first-order valence-corrected chi connectivity index (χ1v) is 8.46. The van der Waals surface area contributed by atoms with Gasteiger partial charge in [0.15, 0.2) is 0 Å². The van der Waals surface area contributed by atoms with E-state index in [4.69, 9.17) is 4.74 Å². The van der Waals surface area contributed by atoms with Crippen molar-refractivity contribution >= 4 is 11.0 Å². The molecule has 3 rings (SSSR count). The van der Waals surface area contributed by atoms with Crippen molar-refractivity contribution in [1.29, 1.82) is 0 Å². The number of nitrogens with zero attached hydrogens (tertiary/aromatic N) is 2. The second-order valence-corrected chi connectivity index (χ2v) is 6.66. The van der Waals surface area contributed by atoms with Gasteiger partial charge < -0.3 is 14.4 Å². The quantitative estimate of drug-likeness (QED) is 0.831. The topological polar surface area (TPSA) is 47.3 Å². The zero-order valence-corrected chi connectivity index (χ0v) is 14.0. The molecule has 0 radical (unpaired) electrons. The van der Waals surface area contributed by atoms with E-state index in [0.717, 1.165) is 30.5 Å². The van der Waals surface area contributed by atoms with Gasteiger partial charge in [0.2, 0.25) is 0 Å². The lowest BCUT2D eigenvalue weighted by Gasteiger charge is -2.19. The molecule has 1 aromatic heterocycles. The van der Waals surface area contributed by atoms with Crippen molar-refractivity contribution in [3.8, 4) is 0 Å². The molecule has 2 aromatic rings. The van der Waals surface area contributed by atoms with Crippen LogP contribution in [0.4, 0.5) is 0 Å². The van der Waals surface area contributed by atoms with Crippen LogP contribution in [0.5, 0.6) is 0 Å². The summed E-state index contributed by atoms with van der Waals surface area (Å²) < 4.78 is 7.73. The molecule has 1 heterocycles. The third-order valence-electron chi connectivity index (χ3n) is 4.69. The molecule has 1 N–H and O–H groups in total. The molecule has 0 bridgehead atoms. The maximum Gasteiger partial charge on any atom is 0.0959 e. The molecule has 1 aromatic carbocycles. The van der Waals surface area contributed by atoms with Crippen LogP contribution in [0.25, 0.3) is 11.0 Å².